The summed E-state index contributed by atoms with van der Waals surface area (Å²) >= 11 is 0. The fourth-order valence-electron chi connectivity index (χ4n) is 1.73. The molecule has 0 unspecified atom stereocenters. The van der Waals surface area contributed by atoms with Crippen molar-refractivity contribution >= 4 is 6.47 Å². The van der Waals surface area contributed by atoms with E-state index in [0.717, 1.165) is 25.9 Å². The van der Waals surface area contributed by atoms with Gasteiger partial charge in [-0.05, 0) is 12.8 Å². The van der Waals surface area contributed by atoms with Crippen LogP contribution in [0.4, 0.5) is 0 Å². The molecule has 0 heterocycles. The van der Waals surface area contributed by atoms with Gasteiger partial charge in [-0.15, -0.1) is 0 Å². The zero-order valence-electron chi connectivity index (χ0n) is 11.6. The molecule has 107 valence electrons. The second-order valence-electron chi connectivity index (χ2n) is 4.37. The Morgan fingerprint density at radius 2 is 1.28 bits per heavy atom. The highest BCUT2D eigenvalue weighted by atomic mass is 16.5. The zero-order valence-corrected chi connectivity index (χ0v) is 11.6. The van der Waals surface area contributed by atoms with Crippen molar-refractivity contribution in [1.29, 1.82) is 0 Å². The van der Waals surface area contributed by atoms with Crippen LogP contribution in [0.15, 0.2) is 0 Å². The molecule has 0 atom stereocenters. The number of hydrogen-bond donors (Lipinski definition) is 0. The molecule has 0 aliphatic rings. The van der Waals surface area contributed by atoms with Gasteiger partial charge in [-0.2, -0.15) is 0 Å². The van der Waals surface area contributed by atoms with Crippen LogP contribution < -0.4 is 0 Å². The van der Waals surface area contributed by atoms with Crippen LogP contribution in [0.2, 0.25) is 0 Å². The van der Waals surface area contributed by atoms with E-state index < -0.39 is 0 Å². The quantitative estimate of drug-likeness (QED) is 0.424. The molecule has 0 aromatic heterocycles. The van der Waals surface area contributed by atoms with Crippen LogP contribution in [0, 0.1) is 0 Å². The number of rotatable bonds is 15. The lowest BCUT2D eigenvalue weighted by Crippen LogP contribution is -2.02. The molecule has 0 aliphatic carbocycles. The van der Waals surface area contributed by atoms with E-state index in [1.165, 1.54) is 38.6 Å². The summed E-state index contributed by atoms with van der Waals surface area (Å²) in [6.45, 7) is 4.20. The van der Waals surface area contributed by atoms with Crippen LogP contribution in [0.25, 0.3) is 0 Å². The maximum Gasteiger partial charge on any atom is 0.417 e. The van der Waals surface area contributed by atoms with Crippen LogP contribution in [0.3, 0.4) is 0 Å². The average Bonchev–Trinajstić information content (AvgIpc) is 2.39. The van der Waals surface area contributed by atoms with Crippen molar-refractivity contribution in [3.8, 4) is 0 Å². The smallest absolute Gasteiger partial charge is 0.417 e. The van der Waals surface area contributed by atoms with Crippen molar-refractivity contribution in [2.24, 2.45) is 0 Å². The van der Waals surface area contributed by atoms with Crippen LogP contribution in [0.5, 0.6) is 0 Å². The van der Waals surface area contributed by atoms with Crippen molar-refractivity contribution in [2.75, 3.05) is 33.5 Å². The molecule has 0 aromatic rings. The highest BCUT2D eigenvalue weighted by Crippen LogP contribution is 2.08. The monoisotopic (exact) mass is 259 g/mol. The summed E-state index contributed by atoms with van der Waals surface area (Å²) in [5.41, 5.74) is 0. The Labute approximate surface area is 111 Å². The van der Waals surface area contributed by atoms with Crippen LogP contribution in [-0.2, 0) is 19.0 Å². The third kappa shape index (κ3) is 15.4. The SMILES string of the molecule is COCCOCCCCCCCCCCO[C]=O. The minimum absolute atomic E-state index is 0.516. The van der Waals surface area contributed by atoms with E-state index in [1.807, 2.05) is 0 Å². The predicted molar refractivity (Wildman–Crippen MR) is 71.3 cm³/mol. The first-order chi connectivity index (χ1) is 8.91. The molecule has 0 rings (SSSR count). The molecular formula is C14H27O4. The lowest BCUT2D eigenvalue weighted by atomic mass is 10.1. The molecule has 0 fully saturated rings. The van der Waals surface area contributed by atoms with Gasteiger partial charge in [-0.25, -0.2) is 4.79 Å². The average molecular weight is 259 g/mol. The van der Waals surface area contributed by atoms with E-state index >= 15 is 0 Å². The van der Waals surface area contributed by atoms with E-state index in [-0.39, 0.29) is 0 Å². The molecule has 0 amide bonds. The summed E-state index contributed by atoms with van der Waals surface area (Å²) in [5.74, 6) is 0. The van der Waals surface area contributed by atoms with Crippen LogP contribution in [0.1, 0.15) is 51.4 Å². The topological polar surface area (TPSA) is 44.8 Å². The summed E-state index contributed by atoms with van der Waals surface area (Å²) in [5, 5.41) is 0. The lowest BCUT2D eigenvalue weighted by molar-refractivity contribution is 0.0685. The largest absolute Gasteiger partial charge is 0.457 e. The zero-order chi connectivity index (χ0) is 13.3. The Morgan fingerprint density at radius 1 is 0.722 bits per heavy atom. The minimum atomic E-state index is 0.516. The molecular weight excluding hydrogens is 232 g/mol. The summed E-state index contributed by atoms with van der Waals surface area (Å²) < 4.78 is 14.8. The van der Waals surface area contributed by atoms with Gasteiger partial charge < -0.3 is 14.2 Å². The number of unbranched alkanes of at least 4 members (excludes halogenated alkanes) is 7. The minimum Gasteiger partial charge on any atom is -0.457 e. The molecule has 0 bridgehead atoms. The van der Waals surface area contributed by atoms with Gasteiger partial charge in [0.1, 0.15) is 0 Å². The van der Waals surface area contributed by atoms with E-state index in [4.69, 9.17) is 9.47 Å². The molecule has 4 nitrogen and oxygen atoms in total. The van der Waals surface area contributed by atoms with E-state index in [0.29, 0.717) is 19.8 Å². The molecule has 18 heavy (non-hydrogen) atoms. The molecule has 0 saturated carbocycles. The molecule has 0 aromatic carbocycles. The van der Waals surface area contributed by atoms with Crippen molar-refractivity contribution in [1.82, 2.24) is 0 Å². The van der Waals surface area contributed by atoms with Gasteiger partial charge in [0.15, 0.2) is 0 Å². The molecule has 0 aliphatic heterocycles. The van der Waals surface area contributed by atoms with Crippen molar-refractivity contribution in [2.45, 2.75) is 51.4 Å². The summed E-state index contributed by atoms with van der Waals surface area (Å²) in [6.07, 6.45) is 9.57. The summed E-state index contributed by atoms with van der Waals surface area (Å²) in [7, 11) is 1.69. The number of ether oxygens (including phenoxy) is 3. The standard InChI is InChI=1S/C14H27O4/c1-16-12-13-17-10-8-6-4-2-3-5-7-9-11-18-14-15/h2-13H2,1H3. The molecule has 1 radical (unpaired) electrons. The maximum atomic E-state index is 9.76. The Kier molecular flexibility index (Phi) is 15.8. The Hall–Kier alpha value is -0.610. The van der Waals surface area contributed by atoms with Crippen LogP contribution in [-0.4, -0.2) is 40.0 Å². The predicted octanol–water partition coefficient (Wildman–Crippen LogP) is 2.85. The first-order valence-corrected chi connectivity index (χ1v) is 6.97. The van der Waals surface area contributed by atoms with Gasteiger partial charge in [0, 0.05) is 13.7 Å². The highest BCUT2D eigenvalue weighted by Gasteiger charge is 1.93. The summed E-state index contributed by atoms with van der Waals surface area (Å²) in [4.78, 5) is 9.76. The second kappa shape index (κ2) is 16.4. The number of carbonyl (C=O) groups excluding carboxylic acids is 1. The Bertz CT molecular complexity index is 162. The Morgan fingerprint density at radius 3 is 1.83 bits per heavy atom. The van der Waals surface area contributed by atoms with Crippen molar-refractivity contribution in [3.05, 3.63) is 0 Å². The number of methoxy groups -OCH3 is 1. The maximum absolute atomic E-state index is 9.76. The number of hydrogen-bond acceptors (Lipinski definition) is 4. The molecule has 4 heteroatoms. The molecule has 0 saturated heterocycles. The van der Waals surface area contributed by atoms with E-state index in [2.05, 4.69) is 4.74 Å². The summed E-state index contributed by atoms with van der Waals surface area (Å²) in [6, 6.07) is 0. The van der Waals surface area contributed by atoms with Crippen molar-refractivity contribution in [3.63, 3.8) is 0 Å². The second-order valence-corrected chi connectivity index (χ2v) is 4.37. The van der Waals surface area contributed by atoms with Gasteiger partial charge in [0.25, 0.3) is 0 Å². The Balaban J connectivity index is 2.88. The van der Waals surface area contributed by atoms with E-state index in [1.54, 1.807) is 7.11 Å². The fourth-order valence-corrected chi connectivity index (χ4v) is 1.73. The van der Waals surface area contributed by atoms with Gasteiger partial charge in [-0.3, -0.25) is 0 Å². The first kappa shape index (κ1) is 17.4. The normalized spacial score (nSPS) is 10.5. The lowest BCUT2D eigenvalue weighted by Gasteiger charge is -2.04. The first-order valence-electron chi connectivity index (χ1n) is 6.97. The third-order valence-electron chi connectivity index (χ3n) is 2.78. The van der Waals surface area contributed by atoms with E-state index in [9.17, 15) is 4.79 Å². The van der Waals surface area contributed by atoms with Crippen LogP contribution >= 0.6 is 0 Å². The molecule has 0 spiro atoms. The van der Waals surface area contributed by atoms with Gasteiger partial charge in [-0.1, -0.05) is 38.5 Å². The fraction of sp³-hybridized carbons (Fsp3) is 0.929. The van der Waals surface area contributed by atoms with Crippen molar-refractivity contribution < 1.29 is 19.0 Å². The molecule has 0 N–H and O–H groups in total. The van der Waals surface area contributed by atoms with Gasteiger partial charge in [0.2, 0.25) is 0 Å². The van der Waals surface area contributed by atoms with Gasteiger partial charge >= 0.3 is 6.47 Å². The highest BCUT2D eigenvalue weighted by molar-refractivity contribution is 5.37. The third-order valence-corrected chi connectivity index (χ3v) is 2.78. The van der Waals surface area contributed by atoms with Gasteiger partial charge in [0.05, 0.1) is 19.8 Å².